The lowest BCUT2D eigenvalue weighted by Gasteiger charge is -2.65. The molecule has 4 saturated carbocycles. The zero-order valence-electron chi connectivity index (χ0n) is 14.6. The third kappa shape index (κ3) is 2.87. The molecule has 2 unspecified atom stereocenters. The predicted octanol–water partition coefficient (Wildman–Crippen LogP) is 3.62. The Morgan fingerprint density at radius 1 is 1.04 bits per heavy atom. The highest BCUT2D eigenvalue weighted by molar-refractivity contribution is 7.89. The first kappa shape index (κ1) is 17.0. The second kappa shape index (κ2) is 5.04. The largest absolute Gasteiger partial charge is 0.269 e. The van der Waals surface area contributed by atoms with E-state index in [0.717, 1.165) is 19.3 Å². The van der Waals surface area contributed by atoms with E-state index in [1.807, 2.05) is 0 Å². The summed E-state index contributed by atoms with van der Waals surface area (Å²) in [5.41, 5.74) is -0.0456. The van der Waals surface area contributed by atoms with Crippen LogP contribution in [-0.4, -0.2) is 18.9 Å². The first-order chi connectivity index (χ1) is 11.5. The van der Waals surface area contributed by atoms with Crippen LogP contribution in [-0.2, 0) is 10.0 Å². The van der Waals surface area contributed by atoms with E-state index < -0.39 is 14.9 Å². The Morgan fingerprint density at radius 2 is 1.60 bits per heavy atom. The summed E-state index contributed by atoms with van der Waals surface area (Å²) in [6.45, 7) is 4.59. The lowest BCUT2D eigenvalue weighted by Crippen LogP contribution is -2.65. The van der Waals surface area contributed by atoms with Gasteiger partial charge in [-0.1, -0.05) is 13.8 Å². The van der Waals surface area contributed by atoms with E-state index in [9.17, 15) is 18.5 Å². The van der Waals surface area contributed by atoms with Crippen molar-refractivity contribution in [3.05, 3.63) is 34.4 Å². The van der Waals surface area contributed by atoms with Crippen molar-refractivity contribution in [2.75, 3.05) is 0 Å². The lowest BCUT2D eigenvalue weighted by molar-refractivity contribution is -0.384. The van der Waals surface area contributed by atoms with Crippen molar-refractivity contribution < 1.29 is 13.3 Å². The van der Waals surface area contributed by atoms with Crippen molar-refractivity contribution in [2.24, 2.45) is 16.7 Å². The topological polar surface area (TPSA) is 89.3 Å². The molecule has 1 aromatic rings. The normalized spacial score (nSPS) is 39.5. The van der Waals surface area contributed by atoms with Gasteiger partial charge in [-0.05, 0) is 67.4 Å². The number of nitrogens with zero attached hydrogens (tertiary/aromatic N) is 1. The highest BCUT2D eigenvalue weighted by Crippen LogP contribution is 2.66. The number of hydrogen-bond acceptors (Lipinski definition) is 4. The van der Waals surface area contributed by atoms with Crippen molar-refractivity contribution in [3.8, 4) is 0 Å². The van der Waals surface area contributed by atoms with Gasteiger partial charge in [0.1, 0.15) is 0 Å². The van der Waals surface area contributed by atoms with Crippen molar-refractivity contribution in [3.63, 3.8) is 0 Å². The first-order valence-electron chi connectivity index (χ1n) is 8.81. The SMILES string of the molecule is C[C@]12CC3CC(NS(=O)(=O)c4ccc([N+](=O)[O-])cc4)(C1)C[C@@](C)(C3)C2. The maximum Gasteiger partial charge on any atom is 0.269 e. The fraction of sp³-hybridized carbons (Fsp3) is 0.667. The average molecular weight is 364 g/mol. The molecule has 6 nitrogen and oxygen atoms in total. The van der Waals surface area contributed by atoms with Crippen LogP contribution in [0.5, 0.6) is 0 Å². The van der Waals surface area contributed by atoms with Gasteiger partial charge in [0.15, 0.2) is 0 Å². The second-order valence-corrected chi connectivity index (χ2v) is 10.9. The molecule has 136 valence electrons. The molecule has 1 aromatic carbocycles. The van der Waals surface area contributed by atoms with Crippen LogP contribution < -0.4 is 4.72 Å². The molecule has 0 spiro atoms. The van der Waals surface area contributed by atoms with Gasteiger partial charge >= 0.3 is 0 Å². The number of sulfonamides is 1. The van der Waals surface area contributed by atoms with Crippen LogP contribution in [0.4, 0.5) is 5.69 Å². The van der Waals surface area contributed by atoms with Gasteiger partial charge in [-0.15, -0.1) is 0 Å². The zero-order valence-corrected chi connectivity index (χ0v) is 15.4. The Morgan fingerprint density at radius 3 is 2.08 bits per heavy atom. The van der Waals surface area contributed by atoms with Crippen LogP contribution in [0.1, 0.15) is 52.4 Å². The summed E-state index contributed by atoms with van der Waals surface area (Å²) in [7, 11) is -3.69. The summed E-state index contributed by atoms with van der Waals surface area (Å²) in [6, 6.07) is 5.14. The summed E-state index contributed by atoms with van der Waals surface area (Å²) in [4.78, 5) is 10.3. The smallest absolute Gasteiger partial charge is 0.258 e. The summed E-state index contributed by atoms with van der Waals surface area (Å²) < 4.78 is 28.9. The molecular weight excluding hydrogens is 340 g/mol. The monoisotopic (exact) mass is 364 g/mol. The minimum absolute atomic E-state index is 0.101. The maximum absolute atomic E-state index is 12.9. The Hall–Kier alpha value is -1.47. The summed E-state index contributed by atoms with van der Waals surface area (Å²) in [6.07, 6.45) is 6.26. The van der Waals surface area contributed by atoms with E-state index in [4.69, 9.17) is 0 Å². The number of nitro groups is 1. The highest BCUT2D eigenvalue weighted by Gasteiger charge is 2.61. The Kier molecular flexibility index (Phi) is 3.42. The minimum Gasteiger partial charge on any atom is -0.258 e. The molecule has 4 aliphatic rings. The third-order valence-corrected chi connectivity index (χ3v) is 7.93. The summed E-state index contributed by atoms with van der Waals surface area (Å²) >= 11 is 0. The van der Waals surface area contributed by atoms with E-state index in [1.165, 1.54) is 43.5 Å². The van der Waals surface area contributed by atoms with E-state index in [0.29, 0.717) is 5.92 Å². The average Bonchev–Trinajstić information content (AvgIpc) is 2.42. The molecular formula is C18H24N2O4S. The summed E-state index contributed by atoms with van der Waals surface area (Å²) in [5.74, 6) is 0.589. The number of rotatable bonds is 4. The van der Waals surface area contributed by atoms with Crippen LogP contribution in [0.2, 0.25) is 0 Å². The van der Waals surface area contributed by atoms with Crippen LogP contribution in [0, 0.1) is 26.9 Å². The van der Waals surface area contributed by atoms with Gasteiger partial charge in [0, 0.05) is 17.7 Å². The standard InChI is InChI=1S/C18H24N2O4S/c1-16-7-13-8-17(2,10-16)12-18(9-13,11-16)19-25(23,24)15-5-3-14(4-6-15)20(21)22/h3-6,13,19H,7-12H2,1-2H3/t13?,16-,17+,18?. The molecule has 0 aromatic heterocycles. The number of nitro benzene ring substituents is 1. The zero-order chi connectivity index (χ0) is 18.1. The van der Waals surface area contributed by atoms with Crippen LogP contribution >= 0.6 is 0 Å². The van der Waals surface area contributed by atoms with Crippen LogP contribution in [0.3, 0.4) is 0 Å². The van der Waals surface area contributed by atoms with Gasteiger partial charge in [-0.3, -0.25) is 10.1 Å². The Balaban J connectivity index is 1.63. The lowest BCUT2D eigenvalue weighted by atomic mass is 9.43. The van der Waals surface area contributed by atoms with Crippen molar-refractivity contribution in [2.45, 2.75) is 62.8 Å². The minimum atomic E-state index is -3.69. The molecule has 4 bridgehead atoms. The number of nitrogens with one attached hydrogen (secondary N) is 1. The number of non-ortho nitro benzene ring substituents is 1. The number of benzene rings is 1. The molecule has 7 heteroatoms. The second-order valence-electron chi connectivity index (χ2n) is 9.27. The van der Waals surface area contributed by atoms with Gasteiger partial charge in [-0.25, -0.2) is 13.1 Å². The third-order valence-electron chi connectivity index (χ3n) is 6.33. The molecule has 0 radical (unpaired) electrons. The van der Waals surface area contributed by atoms with E-state index in [-0.39, 0.29) is 27.0 Å². The van der Waals surface area contributed by atoms with Crippen LogP contribution in [0.15, 0.2) is 29.2 Å². The van der Waals surface area contributed by atoms with E-state index >= 15 is 0 Å². The molecule has 4 aliphatic carbocycles. The number of hydrogen-bond donors (Lipinski definition) is 1. The molecule has 1 N–H and O–H groups in total. The molecule has 0 aliphatic heterocycles. The van der Waals surface area contributed by atoms with Crippen LogP contribution in [0.25, 0.3) is 0 Å². The predicted molar refractivity (Wildman–Crippen MR) is 93.6 cm³/mol. The van der Waals surface area contributed by atoms with Crippen molar-refractivity contribution >= 4 is 15.7 Å². The molecule has 4 atom stereocenters. The van der Waals surface area contributed by atoms with Gasteiger partial charge in [0.25, 0.3) is 5.69 Å². The highest BCUT2D eigenvalue weighted by atomic mass is 32.2. The Bertz CT molecular complexity index is 815. The molecule has 5 rings (SSSR count). The van der Waals surface area contributed by atoms with Gasteiger partial charge in [0.2, 0.25) is 10.0 Å². The maximum atomic E-state index is 12.9. The fourth-order valence-electron chi connectivity index (χ4n) is 6.65. The molecule has 0 saturated heterocycles. The van der Waals surface area contributed by atoms with E-state index in [2.05, 4.69) is 18.6 Å². The molecule has 0 amide bonds. The molecule has 0 heterocycles. The van der Waals surface area contributed by atoms with Crippen molar-refractivity contribution in [1.29, 1.82) is 0 Å². The first-order valence-corrected chi connectivity index (χ1v) is 10.3. The Labute approximate surface area is 148 Å². The molecule has 4 fully saturated rings. The quantitative estimate of drug-likeness (QED) is 0.653. The van der Waals surface area contributed by atoms with Gasteiger partial charge < -0.3 is 0 Å². The van der Waals surface area contributed by atoms with Gasteiger partial charge in [-0.2, -0.15) is 0 Å². The summed E-state index contributed by atoms with van der Waals surface area (Å²) in [5, 5.41) is 10.8. The van der Waals surface area contributed by atoms with Crippen molar-refractivity contribution in [1.82, 2.24) is 4.72 Å². The molecule has 25 heavy (non-hydrogen) atoms. The van der Waals surface area contributed by atoms with E-state index in [1.54, 1.807) is 0 Å². The van der Waals surface area contributed by atoms with Gasteiger partial charge in [0.05, 0.1) is 9.82 Å². The fourth-order valence-corrected chi connectivity index (χ4v) is 8.06.